The van der Waals surface area contributed by atoms with Crippen molar-refractivity contribution < 1.29 is 8.42 Å². The zero-order valence-electron chi connectivity index (χ0n) is 11.6. The summed E-state index contributed by atoms with van der Waals surface area (Å²) in [5.74, 6) is 0. The number of hydrogen-bond donors (Lipinski definition) is 1. The first-order chi connectivity index (χ1) is 9.40. The fourth-order valence-electron chi connectivity index (χ4n) is 1.89. The summed E-state index contributed by atoms with van der Waals surface area (Å²) >= 11 is 0. The van der Waals surface area contributed by atoms with Crippen LogP contribution in [0.4, 0.5) is 5.69 Å². The predicted octanol–water partition coefficient (Wildman–Crippen LogP) is 3.83. The van der Waals surface area contributed by atoms with Gasteiger partial charge in [0.15, 0.2) is 0 Å². The lowest BCUT2D eigenvalue weighted by atomic mass is 10.1. The summed E-state index contributed by atoms with van der Waals surface area (Å²) < 4.78 is 27.5. The number of hydrogen-bond acceptors (Lipinski definition) is 2. The van der Waals surface area contributed by atoms with Gasteiger partial charge in [0, 0.05) is 5.69 Å². The van der Waals surface area contributed by atoms with Gasteiger partial charge in [-0.2, -0.15) is 0 Å². The van der Waals surface area contributed by atoms with Gasteiger partial charge in [0.05, 0.1) is 4.90 Å². The molecule has 0 unspecified atom stereocenters. The molecule has 3 nitrogen and oxygen atoms in total. The number of sulfonamides is 1. The minimum atomic E-state index is -3.61. The second kappa shape index (κ2) is 5.51. The van der Waals surface area contributed by atoms with Crippen molar-refractivity contribution >= 4 is 21.3 Å². The Bertz CT molecular complexity index is 731. The van der Waals surface area contributed by atoms with Crippen LogP contribution in [-0.4, -0.2) is 8.42 Å². The molecule has 0 fully saturated rings. The lowest BCUT2D eigenvalue weighted by Crippen LogP contribution is -2.14. The van der Waals surface area contributed by atoms with E-state index in [9.17, 15) is 8.42 Å². The van der Waals surface area contributed by atoms with E-state index >= 15 is 0 Å². The van der Waals surface area contributed by atoms with E-state index < -0.39 is 10.0 Å². The van der Waals surface area contributed by atoms with Gasteiger partial charge in [-0.3, -0.25) is 4.72 Å². The number of benzene rings is 2. The Morgan fingerprint density at radius 3 is 2.25 bits per heavy atom. The van der Waals surface area contributed by atoms with E-state index in [1.807, 2.05) is 19.1 Å². The average molecular weight is 287 g/mol. The molecule has 0 radical (unpaired) electrons. The maximum absolute atomic E-state index is 12.5. The summed E-state index contributed by atoms with van der Waals surface area (Å²) in [6.45, 7) is 7.57. The van der Waals surface area contributed by atoms with Gasteiger partial charge in [0.1, 0.15) is 0 Å². The zero-order valence-corrected chi connectivity index (χ0v) is 12.4. The first kappa shape index (κ1) is 14.3. The third-order valence-corrected chi connectivity index (χ3v) is 4.38. The van der Waals surface area contributed by atoms with Gasteiger partial charge in [0.2, 0.25) is 0 Å². The third-order valence-electron chi connectivity index (χ3n) is 2.94. The fraction of sp³-hybridized carbons (Fsp3) is 0.125. The molecular formula is C16H17NO2S. The fourth-order valence-corrected chi connectivity index (χ4v) is 3.23. The molecule has 1 N–H and O–H groups in total. The summed E-state index contributed by atoms with van der Waals surface area (Å²) in [5.41, 5.74) is 2.98. The molecule has 0 saturated carbocycles. The second-order valence-electron chi connectivity index (χ2n) is 4.75. The smallest absolute Gasteiger partial charge is 0.262 e. The Labute approximate surface area is 120 Å². The van der Waals surface area contributed by atoms with Crippen LogP contribution >= 0.6 is 0 Å². The Morgan fingerprint density at radius 1 is 1.05 bits per heavy atom. The van der Waals surface area contributed by atoms with Crippen LogP contribution in [0, 0.1) is 6.92 Å². The van der Waals surface area contributed by atoms with Crippen molar-refractivity contribution in [3.8, 4) is 0 Å². The quantitative estimate of drug-likeness (QED) is 0.929. The highest BCUT2D eigenvalue weighted by molar-refractivity contribution is 7.92. The SMILES string of the molecule is C=C(C)c1ccccc1S(=O)(=O)Nc1ccc(C)cc1. The van der Waals surface area contributed by atoms with Gasteiger partial charge < -0.3 is 0 Å². The van der Waals surface area contributed by atoms with Crippen molar-refractivity contribution in [3.05, 3.63) is 66.2 Å². The van der Waals surface area contributed by atoms with Crippen molar-refractivity contribution in [1.82, 2.24) is 0 Å². The zero-order chi connectivity index (χ0) is 14.8. The molecule has 2 aromatic rings. The number of rotatable bonds is 4. The first-order valence-corrected chi connectivity index (χ1v) is 7.73. The minimum Gasteiger partial charge on any atom is -0.280 e. The molecule has 20 heavy (non-hydrogen) atoms. The lowest BCUT2D eigenvalue weighted by molar-refractivity contribution is 0.601. The van der Waals surface area contributed by atoms with Crippen LogP contribution in [0.5, 0.6) is 0 Å². The van der Waals surface area contributed by atoms with Crippen LogP contribution in [0.2, 0.25) is 0 Å². The Morgan fingerprint density at radius 2 is 1.65 bits per heavy atom. The van der Waals surface area contributed by atoms with Gasteiger partial charge in [-0.15, -0.1) is 0 Å². The number of allylic oxidation sites excluding steroid dienone is 1. The topological polar surface area (TPSA) is 46.2 Å². The van der Waals surface area contributed by atoms with Crippen molar-refractivity contribution in [1.29, 1.82) is 0 Å². The maximum Gasteiger partial charge on any atom is 0.262 e. The molecule has 0 bridgehead atoms. The van der Waals surface area contributed by atoms with Gasteiger partial charge in [-0.25, -0.2) is 8.42 Å². The molecule has 0 aliphatic carbocycles. The largest absolute Gasteiger partial charge is 0.280 e. The van der Waals surface area contributed by atoms with E-state index in [-0.39, 0.29) is 4.90 Å². The molecule has 2 aromatic carbocycles. The summed E-state index contributed by atoms with van der Waals surface area (Å²) in [6.07, 6.45) is 0. The van der Waals surface area contributed by atoms with E-state index in [0.29, 0.717) is 11.3 Å². The van der Waals surface area contributed by atoms with Crippen LogP contribution < -0.4 is 4.72 Å². The van der Waals surface area contributed by atoms with Crippen LogP contribution in [0.15, 0.2) is 60.0 Å². The molecule has 0 aliphatic heterocycles. The molecular weight excluding hydrogens is 270 g/mol. The Kier molecular flexibility index (Phi) is 3.95. The molecule has 0 atom stereocenters. The summed E-state index contributed by atoms with van der Waals surface area (Å²) in [6, 6.07) is 14.1. The molecule has 0 amide bonds. The highest BCUT2D eigenvalue weighted by atomic mass is 32.2. The first-order valence-electron chi connectivity index (χ1n) is 6.24. The highest BCUT2D eigenvalue weighted by Crippen LogP contribution is 2.24. The summed E-state index contributed by atoms with van der Waals surface area (Å²) in [7, 11) is -3.61. The standard InChI is InChI=1S/C16H17NO2S/c1-12(2)15-6-4-5-7-16(15)20(18,19)17-14-10-8-13(3)9-11-14/h4-11,17H,1H2,2-3H3. The Hall–Kier alpha value is -2.07. The molecule has 4 heteroatoms. The molecule has 2 rings (SSSR count). The number of aryl methyl sites for hydroxylation is 1. The van der Waals surface area contributed by atoms with E-state index in [1.165, 1.54) is 0 Å². The van der Waals surface area contributed by atoms with Crippen molar-refractivity contribution in [2.75, 3.05) is 4.72 Å². The predicted molar refractivity (Wildman–Crippen MR) is 83.1 cm³/mol. The van der Waals surface area contributed by atoms with Gasteiger partial charge >= 0.3 is 0 Å². The van der Waals surface area contributed by atoms with Gasteiger partial charge in [-0.05, 0) is 43.2 Å². The third kappa shape index (κ3) is 3.08. The van der Waals surface area contributed by atoms with Crippen LogP contribution in [-0.2, 0) is 10.0 Å². The summed E-state index contributed by atoms with van der Waals surface area (Å²) in [4.78, 5) is 0.244. The lowest BCUT2D eigenvalue weighted by Gasteiger charge is -2.12. The molecule has 104 valence electrons. The normalized spacial score (nSPS) is 11.1. The second-order valence-corrected chi connectivity index (χ2v) is 6.40. The van der Waals surface area contributed by atoms with Gasteiger partial charge in [0.25, 0.3) is 10.0 Å². The Balaban J connectivity index is 2.41. The maximum atomic E-state index is 12.5. The molecule has 0 aliphatic rings. The van der Waals surface area contributed by atoms with E-state index in [1.54, 1.807) is 43.3 Å². The molecule has 0 saturated heterocycles. The van der Waals surface area contributed by atoms with E-state index in [2.05, 4.69) is 11.3 Å². The van der Waals surface area contributed by atoms with E-state index in [0.717, 1.165) is 11.1 Å². The monoisotopic (exact) mass is 287 g/mol. The van der Waals surface area contributed by atoms with E-state index in [4.69, 9.17) is 0 Å². The molecule has 0 spiro atoms. The van der Waals surface area contributed by atoms with Crippen LogP contribution in [0.25, 0.3) is 5.57 Å². The van der Waals surface area contributed by atoms with Gasteiger partial charge in [-0.1, -0.05) is 42.5 Å². The highest BCUT2D eigenvalue weighted by Gasteiger charge is 2.18. The van der Waals surface area contributed by atoms with Crippen LogP contribution in [0.1, 0.15) is 18.1 Å². The number of anilines is 1. The average Bonchev–Trinajstić information content (AvgIpc) is 2.41. The van der Waals surface area contributed by atoms with Crippen molar-refractivity contribution in [3.63, 3.8) is 0 Å². The van der Waals surface area contributed by atoms with Crippen molar-refractivity contribution in [2.45, 2.75) is 18.7 Å². The molecule has 0 aromatic heterocycles. The summed E-state index contributed by atoms with van der Waals surface area (Å²) in [5, 5.41) is 0. The minimum absolute atomic E-state index is 0.244. The number of nitrogens with one attached hydrogen (secondary N) is 1. The van der Waals surface area contributed by atoms with Crippen molar-refractivity contribution in [2.24, 2.45) is 0 Å². The van der Waals surface area contributed by atoms with Crippen LogP contribution in [0.3, 0.4) is 0 Å². The molecule has 0 heterocycles.